The molecule has 0 aliphatic carbocycles. The zero-order valence-electron chi connectivity index (χ0n) is 13.8. The SMILES string of the molecule is Cc1ccc(C(=O)N2C[C@@H](N)[C@H](c3ccccc3)C2)cc1[N+](=O)[O-].Cl. The number of benzene rings is 2. The van der Waals surface area contributed by atoms with E-state index >= 15 is 0 Å². The molecule has 25 heavy (non-hydrogen) atoms. The van der Waals surface area contributed by atoms with Crippen LogP contribution in [-0.4, -0.2) is 34.9 Å². The Morgan fingerprint density at radius 1 is 1.20 bits per heavy atom. The minimum atomic E-state index is -0.464. The van der Waals surface area contributed by atoms with Crippen molar-refractivity contribution in [3.05, 3.63) is 75.3 Å². The summed E-state index contributed by atoms with van der Waals surface area (Å²) in [5.41, 5.74) is 8.15. The number of nitrogens with zero attached hydrogens (tertiary/aromatic N) is 2. The molecule has 1 saturated heterocycles. The van der Waals surface area contributed by atoms with Crippen molar-refractivity contribution >= 4 is 24.0 Å². The largest absolute Gasteiger partial charge is 0.336 e. The van der Waals surface area contributed by atoms with Gasteiger partial charge in [0.05, 0.1) is 4.92 Å². The second-order valence-electron chi connectivity index (χ2n) is 6.15. The van der Waals surface area contributed by atoms with E-state index in [-0.39, 0.29) is 36.0 Å². The standard InChI is InChI=1S/C18H19N3O3.ClH/c1-12-7-8-14(9-17(12)21(23)24)18(22)20-10-15(16(19)11-20)13-5-3-2-4-6-13;/h2-9,15-16H,10-11,19H2,1H3;1H/t15-,16+;/m0./s1. The molecule has 1 fully saturated rings. The van der Waals surface area contributed by atoms with Gasteiger partial charge in [-0.25, -0.2) is 0 Å². The van der Waals surface area contributed by atoms with Crippen molar-refractivity contribution < 1.29 is 9.72 Å². The first-order valence-corrected chi connectivity index (χ1v) is 7.82. The third kappa shape index (κ3) is 3.81. The van der Waals surface area contributed by atoms with Crippen LogP contribution in [0.1, 0.15) is 27.4 Å². The summed E-state index contributed by atoms with van der Waals surface area (Å²) < 4.78 is 0. The lowest BCUT2D eigenvalue weighted by atomic mass is 9.95. The monoisotopic (exact) mass is 361 g/mol. The zero-order valence-corrected chi connectivity index (χ0v) is 14.6. The molecule has 3 rings (SSSR count). The molecule has 2 aromatic rings. The smallest absolute Gasteiger partial charge is 0.273 e. The number of hydrogen-bond donors (Lipinski definition) is 1. The van der Waals surface area contributed by atoms with E-state index in [0.29, 0.717) is 24.2 Å². The van der Waals surface area contributed by atoms with Gasteiger partial charge in [-0.3, -0.25) is 14.9 Å². The van der Waals surface area contributed by atoms with Crippen LogP contribution in [0.2, 0.25) is 0 Å². The lowest BCUT2D eigenvalue weighted by Crippen LogP contribution is -2.32. The molecular weight excluding hydrogens is 342 g/mol. The fourth-order valence-electron chi connectivity index (χ4n) is 3.17. The Kier molecular flexibility index (Phi) is 5.77. The van der Waals surface area contributed by atoms with Crippen LogP contribution >= 0.6 is 12.4 Å². The summed E-state index contributed by atoms with van der Waals surface area (Å²) in [6.45, 7) is 2.62. The van der Waals surface area contributed by atoms with E-state index in [1.54, 1.807) is 24.0 Å². The van der Waals surface area contributed by atoms with E-state index < -0.39 is 4.92 Å². The van der Waals surface area contributed by atoms with Gasteiger partial charge < -0.3 is 10.6 Å². The van der Waals surface area contributed by atoms with E-state index in [1.807, 2.05) is 30.3 Å². The number of halogens is 1. The minimum Gasteiger partial charge on any atom is -0.336 e. The number of nitro groups is 1. The number of carbonyl (C=O) groups is 1. The third-order valence-electron chi connectivity index (χ3n) is 4.53. The Labute approximate surface area is 152 Å². The van der Waals surface area contributed by atoms with Crippen molar-refractivity contribution in [2.24, 2.45) is 5.73 Å². The number of nitro benzene ring substituents is 1. The topological polar surface area (TPSA) is 89.5 Å². The number of hydrogen-bond acceptors (Lipinski definition) is 4. The Morgan fingerprint density at radius 3 is 2.52 bits per heavy atom. The van der Waals surface area contributed by atoms with Gasteiger partial charge in [-0.15, -0.1) is 12.4 Å². The van der Waals surface area contributed by atoms with Crippen LogP contribution in [0.25, 0.3) is 0 Å². The molecule has 0 radical (unpaired) electrons. The summed E-state index contributed by atoms with van der Waals surface area (Å²) in [5, 5.41) is 11.1. The summed E-state index contributed by atoms with van der Waals surface area (Å²) in [7, 11) is 0. The number of nitrogens with two attached hydrogens (primary N) is 1. The maximum Gasteiger partial charge on any atom is 0.273 e. The van der Waals surface area contributed by atoms with Gasteiger partial charge in [-0.05, 0) is 18.6 Å². The molecule has 132 valence electrons. The molecule has 0 bridgehead atoms. The molecule has 1 aliphatic heterocycles. The number of rotatable bonds is 3. The van der Waals surface area contributed by atoms with Crippen molar-refractivity contribution in [1.82, 2.24) is 4.90 Å². The van der Waals surface area contributed by atoms with Crippen LogP contribution in [-0.2, 0) is 0 Å². The highest BCUT2D eigenvalue weighted by molar-refractivity contribution is 5.95. The summed E-state index contributed by atoms with van der Waals surface area (Å²) in [6, 6.07) is 14.3. The molecule has 6 nitrogen and oxygen atoms in total. The minimum absolute atomic E-state index is 0. The van der Waals surface area contributed by atoms with Crippen LogP contribution in [0.15, 0.2) is 48.5 Å². The highest BCUT2D eigenvalue weighted by atomic mass is 35.5. The Morgan fingerprint density at radius 2 is 1.88 bits per heavy atom. The predicted molar refractivity (Wildman–Crippen MR) is 98.1 cm³/mol. The van der Waals surface area contributed by atoms with Gasteiger partial charge in [0.25, 0.3) is 11.6 Å². The average Bonchev–Trinajstić information content (AvgIpc) is 2.97. The van der Waals surface area contributed by atoms with Crippen molar-refractivity contribution in [2.45, 2.75) is 18.9 Å². The lowest BCUT2D eigenvalue weighted by molar-refractivity contribution is -0.385. The van der Waals surface area contributed by atoms with Crippen LogP contribution in [0, 0.1) is 17.0 Å². The van der Waals surface area contributed by atoms with Crippen molar-refractivity contribution in [1.29, 1.82) is 0 Å². The fraction of sp³-hybridized carbons (Fsp3) is 0.278. The second-order valence-corrected chi connectivity index (χ2v) is 6.15. The number of aryl methyl sites for hydroxylation is 1. The van der Waals surface area contributed by atoms with Gasteiger partial charge in [0.1, 0.15) is 0 Å². The maximum absolute atomic E-state index is 12.7. The second kappa shape index (κ2) is 7.63. The molecule has 2 N–H and O–H groups in total. The van der Waals surface area contributed by atoms with E-state index in [2.05, 4.69) is 0 Å². The number of amides is 1. The van der Waals surface area contributed by atoms with Gasteiger partial charge in [0, 0.05) is 42.2 Å². The highest BCUT2D eigenvalue weighted by Gasteiger charge is 2.34. The molecule has 1 aliphatic rings. The first-order valence-electron chi connectivity index (χ1n) is 7.82. The Hall–Kier alpha value is -2.44. The highest BCUT2D eigenvalue weighted by Crippen LogP contribution is 2.28. The van der Waals surface area contributed by atoms with Crippen LogP contribution in [0.4, 0.5) is 5.69 Å². The van der Waals surface area contributed by atoms with Crippen molar-refractivity contribution in [3.63, 3.8) is 0 Å². The number of carbonyl (C=O) groups excluding carboxylic acids is 1. The maximum atomic E-state index is 12.7. The van der Waals surface area contributed by atoms with E-state index in [9.17, 15) is 14.9 Å². The zero-order chi connectivity index (χ0) is 17.3. The molecule has 1 heterocycles. The van der Waals surface area contributed by atoms with Crippen molar-refractivity contribution in [3.8, 4) is 0 Å². The summed E-state index contributed by atoms with van der Waals surface area (Å²) in [4.78, 5) is 25.0. The molecule has 2 atom stereocenters. The predicted octanol–water partition coefficient (Wildman–Crippen LogP) is 2.89. The van der Waals surface area contributed by atoms with Crippen LogP contribution < -0.4 is 5.73 Å². The van der Waals surface area contributed by atoms with Gasteiger partial charge in [-0.1, -0.05) is 36.4 Å². The van der Waals surface area contributed by atoms with Crippen LogP contribution in [0.3, 0.4) is 0 Å². The summed E-state index contributed by atoms with van der Waals surface area (Å²) in [6.07, 6.45) is 0. The molecule has 7 heteroatoms. The molecule has 1 amide bonds. The molecule has 2 aromatic carbocycles. The van der Waals surface area contributed by atoms with Gasteiger partial charge >= 0.3 is 0 Å². The molecular formula is C18H20ClN3O3. The normalized spacial score (nSPS) is 19.4. The first kappa shape index (κ1) is 18.9. The molecule has 0 spiro atoms. The summed E-state index contributed by atoms with van der Waals surface area (Å²) in [5.74, 6) is -0.137. The first-order chi connectivity index (χ1) is 11.5. The Balaban J connectivity index is 0.00000225. The molecule has 0 saturated carbocycles. The van der Waals surface area contributed by atoms with Gasteiger partial charge in [-0.2, -0.15) is 0 Å². The fourth-order valence-corrected chi connectivity index (χ4v) is 3.17. The Bertz CT molecular complexity index is 782. The average molecular weight is 362 g/mol. The number of likely N-dealkylation sites (tertiary alicyclic amines) is 1. The van der Waals surface area contributed by atoms with E-state index in [1.165, 1.54) is 6.07 Å². The van der Waals surface area contributed by atoms with E-state index in [0.717, 1.165) is 5.56 Å². The quantitative estimate of drug-likeness (QED) is 0.672. The summed E-state index contributed by atoms with van der Waals surface area (Å²) >= 11 is 0. The lowest BCUT2D eigenvalue weighted by Gasteiger charge is -2.16. The molecule has 0 aromatic heterocycles. The van der Waals surface area contributed by atoms with Crippen molar-refractivity contribution in [2.75, 3.05) is 13.1 Å². The van der Waals surface area contributed by atoms with Gasteiger partial charge in [0.2, 0.25) is 0 Å². The van der Waals surface area contributed by atoms with Crippen LogP contribution in [0.5, 0.6) is 0 Å². The van der Waals surface area contributed by atoms with E-state index in [4.69, 9.17) is 5.73 Å². The van der Waals surface area contributed by atoms with Gasteiger partial charge in [0.15, 0.2) is 0 Å². The third-order valence-corrected chi connectivity index (χ3v) is 4.53. The molecule has 0 unspecified atom stereocenters.